The molecule has 0 aliphatic carbocycles. The van der Waals surface area contributed by atoms with Gasteiger partial charge < -0.3 is 5.32 Å². The van der Waals surface area contributed by atoms with E-state index in [9.17, 15) is 0 Å². The largest absolute Gasteiger partial charge is 0.310 e. The zero-order chi connectivity index (χ0) is 13.1. The summed E-state index contributed by atoms with van der Waals surface area (Å²) in [6, 6.07) is 6.20. The van der Waals surface area contributed by atoms with Gasteiger partial charge in [0.2, 0.25) is 0 Å². The first-order valence-electron chi connectivity index (χ1n) is 5.78. The van der Waals surface area contributed by atoms with Crippen molar-refractivity contribution >= 4 is 23.2 Å². The third-order valence-electron chi connectivity index (χ3n) is 2.55. The first-order chi connectivity index (χ1) is 8.56. The SMILES string of the molecule is CC(C)NCc1ccc(Cl)cc1-n1cc(Cl)cn1. The monoisotopic (exact) mass is 283 g/mol. The van der Waals surface area contributed by atoms with Crippen molar-refractivity contribution in [1.82, 2.24) is 15.1 Å². The van der Waals surface area contributed by atoms with Crippen LogP contribution in [0.4, 0.5) is 0 Å². The summed E-state index contributed by atoms with van der Waals surface area (Å²) in [5, 5.41) is 8.89. The first kappa shape index (κ1) is 13.4. The maximum absolute atomic E-state index is 6.04. The Morgan fingerprint density at radius 3 is 2.67 bits per heavy atom. The van der Waals surface area contributed by atoms with Gasteiger partial charge in [0.05, 0.1) is 16.9 Å². The fourth-order valence-electron chi connectivity index (χ4n) is 1.65. The lowest BCUT2D eigenvalue weighted by Gasteiger charge is -2.13. The molecule has 0 fully saturated rings. The van der Waals surface area contributed by atoms with Crippen molar-refractivity contribution < 1.29 is 0 Å². The van der Waals surface area contributed by atoms with Crippen LogP contribution in [0.2, 0.25) is 10.0 Å². The molecular formula is C13H15Cl2N3. The molecule has 0 bridgehead atoms. The van der Waals surface area contributed by atoms with E-state index in [2.05, 4.69) is 24.3 Å². The topological polar surface area (TPSA) is 29.9 Å². The molecule has 0 unspecified atom stereocenters. The lowest BCUT2D eigenvalue weighted by molar-refractivity contribution is 0.586. The summed E-state index contributed by atoms with van der Waals surface area (Å²) < 4.78 is 1.74. The van der Waals surface area contributed by atoms with Crippen LogP contribution < -0.4 is 5.32 Å². The van der Waals surface area contributed by atoms with E-state index in [0.29, 0.717) is 16.1 Å². The van der Waals surface area contributed by atoms with Crippen molar-refractivity contribution in [2.75, 3.05) is 0 Å². The van der Waals surface area contributed by atoms with E-state index in [1.807, 2.05) is 18.2 Å². The van der Waals surface area contributed by atoms with Crippen molar-refractivity contribution in [3.8, 4) is 5.69 Å². The molecule has 0 saturated heterocycles. The van der Waals surface area contributed by atoms with E-state index in [1.165, 1.54) is 0 Å². The highest BCUT2D eigenvalue weighted by molar-refractivity contribution is 6.31. The van der Waals surface area contributed by atoms with E-state index in [-0.39, 0.29) is 0 Å². The highest BCUT2D eigenvalue weighted by Crippen LogP contribution is 2.21. The summed E-state index contributed by atoms with van der Waals surface area (Å²) in [4.78, 5) is 0. The Morgan fingerprint density at radius 1 is 1.28 bits per heavy atom. The highest BCUT2D eigenvalue weighted by atomic mass is 35.5. The van der Waals surface area contributed by atoms with E-state index in [4.69, 9.17) is 23.2 Å². The average molecular weight is 284 g/mol. The molecule has 0 amide bonds. The van der Waals surface area contributed by atoms with Gasteiger partial charge in [-0.15, -0.1) is 0 Å². The second kappa shape index (κ2) is 5.74. The minimum absolute atomic E-state index is 0.426. The third-order valence-corrected chi connectivity index (χ3v) is 2.98. The number of rotatable bonds is 4. The van der Waals surface area contributed by atoms with Crippen molar-refractivity contribution in [2.24, 2.45) is 0 Å². The number of aromatic nitrogens is 2. The van der Waals surface area contributed by atoms with E-state index < -0.39 is 0 Å². The Kier molecular flexibility index (Phi) is 4.27. The Labute approximate surface area is 117 Å². The molecule has 0 spiro atoms. The molecule has 96 valence electrons. The van der Waals surface area contributed by atoms with Gasteiger partial charge in [-0.25, -0.2) is 4.68 Å². The van der Waals surface area contributed by atoms with Crippen LogP contribution in [0.1, 0.15) is 19.4 Å². The van der Waals surface area contributed by atoms with Gasteiger partial charge in [0.15, 0.2) is 0 Å². The lowest BCUT2D eigenvalue weighted by Crippen LogP contribution is -2.22. The van der Waals surface area contributed by atoms with Crippen LogP contribution in [0.25, 0.3) is 5.69 Å². The van der Waals surface area contributed by atoms with Gasteiger partial charge in [0.1, 0.15) is 0 Å². The van der Waals surface area contributed by atoms with E-state index in [0.717, 1.165) is 17.8 Å². The maximum atomic E-state index is 6.04. The second-order valence-corrected chi connectivity index (χ2v) is 5.28. The zero-order valence-electron chi connectivity index (χ0n) is 10.3. The van der Waals surface area contributed by atoms with E-state index in [1.54, 1.807) is 17.1 Å². The molecule has 18 heavy (non-hydrogen) atoms. The van der Waals surface area contributed by atoms with Crippen LogP contribution in [0.5, 0.6) is 0 Å². The van der Waals surface area contributed by atoms with Gasteiger partial charge in [-0.1, -0.05) is 43.1 Å². The number of hydrogen-bond donors (Lipinski definition) is 1. The van der Waals surface area contributed by atoms with Crippen LogP contribution in [-0.2, 0) is 6.54 Å². The summed E-state index contributed by atoms with van der Waals surface area (Å²) in [5.41, 5.74) is 2.08. The summed E-state index contributed by atoms with van der Waals surface area (Å²) in [7, 11) is 0. The first-order valence-corrected chi connectivity index (χ1v) is 6.54. The Hall–Kier alpha value is -1.03. The molecule has 1 N–H and O–H groups in total. The number of halogens is 2. The Bertz CT molecular complexity index is 535. The molecule has 0 saturated carbocycles. The van der Waals surface area contributed by atoms with Gasteiger partial charge in [-0.05, 0) is 17.7 Å². The van der Waals surface area contributed by atoms with Gasteiger partial charge in [-0.3, -0.25) is 0 Å². The van der Waals surface area contributed by atoms with Gasteiger partial charge >= 0.3 is 0 Å². The minimum atomic E-state index is 0.426. The zero-order valence-corrected chi connectivity index (χ0v) is 11.8. The van der Waals surface area contributed by atoms with Crippen LogP contribution >= 0.6 is 23.2 Å². The number of nitrogens with one attached hydrogen (secondary N) is 1. The molecule has 3 nitrogen and oxygen atoms in total. The standard InChI is InChI=1S/C13H15Cl2N3/c1-9(2)16-6-10-3-4-11(14)5-13(10)18-8-12(15)7-17-18/h3-5,7-9,16H,6H2,1-2H3. The highest BCUT2D eigenvalue weighted by Gasteiger charge is 2.07. The summed E-state index contributed by atoms with van der Waals surface area (Å²) in [6.45, 7) is 4.99. The van der Waals surface area contributed by atoms with Crippen LogP contribution in [-0.4, -0.2) is 15.8 Å². The molecule has 1 heterocycles. The fraction of sp³-hybridized carbons (Fsp3) is 0.308. The smallest absolute Gasteiger partial charge is 0.0790 e. The molecule has 0 aliphatic heterocycles. The predicted molar refractivity (Wildman–Crippen MR) is 75.6 cm³/mol. The molecule has 1 aromatic carbocycles. The lowest BCUT2D eigenvalue weighted by atomic mass is 10.1. The second-order valence-electron chi connectivity index (χ2n) is 4.41. The van der Waals surface area contributed by atoms with Crippen LogP contribution in [0.3, 0.4) is 0 Å². The number of hydrogen-bond acceptors (Lipinski definition) is 2. The number of nitrogens with zero attached hydrogens (tertiary/aromatic N) is 2. The van der Waals surface area contributed by atoms with Gasteiger partial charge in [-0.2, -0.15) is 5.10 Å². The summed E-state index contributed by atoms with van der Waals surface area (Å²) in [5.74, 6) is 0. The Balaban J connectivity index is 2.34. The molecule has 2 aromatic rings. The van der Waals surface area contributed by atoms with Crippen LogP contribution in [0.15, 0.2) is 30.6 Å². The average Bonchev–Trinajstić information content (AvgIpc) is 2.74. The van der Waals surface area contributed by atoms with Crippen molar-refractivity contribution in [2.45, 2.75) is 26.4 Å². The quantitative estimate of drug-likeness (QED) is 0.928. The maximum Gasteiger partial charge on any atom is 0.0790 e. The summed E-state index contributed by atoms with van der Waals surface area (Å²) in [6.07, 6.45) is 3.38. The van der Waals surface area contributed by atoms with Gasteiger partial charge in [0.25, 0.3) is 0 Å². The van der Waals surface area contributed by atoms with Crippen LogP contribution in [0, 0.1) is 0 Å². The van der Waals surface area contributed by atoms with Crippen molar-refractivity contribution in [3.63, 3.8) is 0 Å². The third kappa shape index (κ3) is 3.25. The normalized spacial score (nSPS) is 11.2. The van der Waals surface area contributed by atoms with Crippen molar-refractivity contribution in [1.29, 1.82) is 0 Å². The number of benzene rings is 1. The predicted octanol–water partition coefficient (Wildman–Crippen LogP) is 3.68. The van der Waals surface area contributed by atoms with E-state index >= 15 is 0 Å². The molecule has 1 aromatic heterocycles. The molecular weight excluding hydrogens is 269 g/mol. The molecule has 0 radical (unpaired) electrons. The molecule has 0 atom stereocenters. The van der Waals surface area contributed by atoms with Gasteiger partial charge in [0, 0.05) is 23.8 Å². The molecule has 0 aliphatic rings. The minimum Gasteiger partial charge on any atom is -0.310 e. The Morgan fingerprint density at radius 2 is 2.06 bits per heavy atom. The summed E-state index contributed by atoms with van der Waals surface area (Å²) >= 11 is 11.9. The van der Waals surface area contributed by atoms with Crippen molar-refractivity contribution in [3.05, 3.63) is 46.2 Å². The fourth-order valence-corrected chi connectivity index (χ4v) is 1.95. The molecule has 5 heteroatoms. The molecule has 2 rings (SSSR count).